The van der Waals surface area contributed by atoms with E-state index in [1.165, 1.54) is 11.8 Å². The fourth-order valence-electron chi connectivity index (χ4n) is 3.16. The maximum atomic E-state index is 12.0. The van der Waals surface area contributed by atoms with Gasteiger partial charge in [-0.05, 0) is 47.6 Å². The summed E-state index contributed by atoms with van der Waals surface area (Å²) >= 11 is 6.25. The smallest absolute Gasteiger partial charge is 0.325 e. The van der Waals surface area contributed by atoms with Crippen LogP contribution in [0.4, 0.5) is 0 Å². The van der Waals surface area contributed by atoms with Crippen molar-refractivity contribution in [2.75, 3.05) is 7.11 Å². The highest BCUT2D eigenvalue weighted by atomic mass is 35.5. The van der Waals surface area contributed by atoms with Crippen LogP contribution >= 0.6 is 11.6 Å². The van der Waals surface area contributed by atoms with Crippen LogP contribution in [-0.4, -0.2) is 27.3 Å². The van der Waals surface area contributed by atoms with E-state index in [1.54, 1.807) is 13.2 Å². The molecule has 2 heterocycles. The Morgan fingerprint density at radius 1 is 1.19 bits per heavy atom. The molecule has 2 atom stereocenters. The molecule has 0 radical (unpaired) electrons. The molecule has 0 bridgehead atoms. The van der Waals surface area contributed by atoms with Crippen molar-refractivity contribution in [3.8, 4) is 17.0 Å². The molecule has 0 spiro atoms. The molecule has 7 nitrogen and oxygen atoms in total. The number of aromatic nitrogens is 4. The molecule has 1 aliphatic rings. The Bertz CT molecular complexity index is 1090. The van der Waals surface area contributed by atoms with E-state index < -0.39 is 11.2 Å². The molecule has 0 saturated heterocycles. The minimum Gasteiger partial charge on any atom is -0.497 e. The summed E-state index contributed by atoms with van der Waals surface area (Å²) in [5, 5.41) is 8.30. The van der Waals surface area contributed by atoms with Crippen molar-refractivity contribution in [3.63, 3.8) is 0 Å². The Kier molecular flexibility index (Phi) is 4.08. The summed E-state index contributed by atoms with van der Waals surface area (Å²) < 4.78 is 5.28. The molecule has 1 aromatic carbocycles. The molecule has 1 fully saturated rings. The number of halogens is 1. The highest BCUT2D eigenvalue weighted by molar-refractivity contribution is 6.30. The SMILES string of the molecule is COc1cccc([C@H]2C[C@@H]2c2cc(-c3c[nH]c(=O)[nH]c3=O)nnc2Cl)c1. The first-order chi connectivity index (χ1) is 12.6. The average molecular weight is 371 g/mol. The van der Waals surface area contributed by atoms with E-state index >= 15 is 0 Å². The number of rotatable bonds is 4. The second-order valence-corrected chi connectivity index (χ2v) is 6.54. The monoisotopic (exact) mass is 370 g/mol. The lowest BCUT2D eigenvalue weighted by Gasteiger charge is -2.07. The zero-order valence-electron chi connectivity index (χ0n) is 13.8. The predicted octanol–water partition coefficient (Wildman–Crippen LogP) is 2.45. The van der Waals surface area contributed by atoms with Crippen molar-refractivity contribution >= 4 is 11.6 Å². The Hall–Kier alpha value is -2.93. The lowest BCUT2D eigenvalue weighted by molar-refractivity contribution is 0.414. The molecule has 1 saturated carbocycles. The van der Waals surface area contributed by atoms with Gasteiger partial charge in [0.2, 0.25) is 0 Å². The van der Waals surface area contributed by atoms with Gasteiger partial charge in [-0.2, -0.15) is 0 Å². The van der Waals surface area contributed by atoms with Gasteiger partial charge >= 0.3 is 5.69 Å². The van der Waals surface area contributed by atoms with E-state index in [0.717, 1.165) is 17.7 Å². The maximum Gasteiger partial charge on any atom is 0.325 e. The third-order valence-electron chi connectivity index (χ3n) is 4.58. The standard InChI is InChI=1S/C18H15ClN4O3/c1-26-10-4-2-3-9(5-10)11-6-12(11)13-7-15(22-23-16(13)19)14-8-20-18(25)21-17(14)24/h2-5,7-8,11-12H,6H2,1H3,(H2,20,21,24,25)/t11-,12+/m1/s1. The van der Waals surface area contributed by atoms with Crippen LogP contribution in [0.15, 0.2) is 46.1 Å². The van der Waals surface area contributed by atoms with Crippen LogP contribution in [0, 0.1) is 0 Å². The van der Waals surface area contributed by atoms with Gasteiger partial charge in [0.05, 0.1) is 12.7 Å². The molecule has 3 aromatic rings. The van der Waals surface area contributed by atoms with Gasteiger partial charge in [-0.15, -0.1) is 10.2 Å². The Morgan fingerprint density at radius 2 is 2.04 bits per heavy atom. The van der Waals surface area contributed by atoms with Crippen LogP contribution in [0.1, 0.15) is 29.4 Å². The van der Waals surface area contributed by atoms with Gasteiger partial charge in [-0.25, -0.2) is 4.79 Å². The summed E-state index contributed by atoms with van der Waals surface area (Å²) in [7, 11) is 1.64. The minimum absolute atomic E-state index is 0.200. The predicted molar refractivity (Wildman–Crippen MR) is 96.8 cm³/mol. The number of benzene rings is 1. The molecule has 4 rings (SSSR count). The third-order valence-corrected chi connectivity index (χ3v) is 4.88. The zero-order valence-corrected chi connectivity index (χ0v) is 14.6. The molecule has 8 heteroatoms. The number of hydrogen-bond donors (Lipinski definition) is 2. The number of hydrogen-bond acceptors (Lipinski definition) is 5. The van der Waals surface area contributed by atoms with Gasteiger partial charge in [0.25, 0.3) is 5.56 Å². The summed E-state index contributed by atoms with van der Waals surface area (Å²) in [6.45, 7) is 0. The maximum absolute atomic E-state index is 12.0. The average Bonchev–Trinajstić information content (AvgIpc) is 3.43. The Balaban J connectivity index is 1.68. The number of H-pyrrole nitrogens is 2. The number of methoxy groups -OCH3 is 1. The van der Waals surface area contributed by atoms with E-state index in [1.807, 2.05) is 18.2 Å². The number of ether oxygens (including phenoxy) is 1. The van der Waals surface area contributed by atoms with Crippen LogP contribution in [0.5, 0.6) is 5.75 Å². The van der Waals surface area contributed by atoms with Crippen LogP contribution in [0.3, 0.4) is 0 Å². The lowest BCUT2D eigenvalue weighted by atomic mass is 10.0. The number of aromatic amines is 2. The van der Waals surface area contributed by atoms with Crippen LogP contribution in [-0.2, 0) is 0 Å². The van der Waals surface area contributed by atoms with Crippen LogP contribution < -0.4 is 16.0 Å². The lowest BCUT2D eigenvalue weighted by Crippen LogP contribution is -2.23. The van der Waals surface area contributed by atoms with Gasteiger partial charge < -0.3 is 9.72 Å². The molecule has 26 heavy (non-hydrogen) atoms. The molecule has 132 valence electrons. The van der Waals surface area contributed by atoms with E-state index in [2.05, 4.69) is 26.2 Å². The highest BCUT2D eigenvalue weighted by Gasteiger charge is 2.41. The Labute approximate surface area is 153 Å². The van der Waals surface area contributed by atoms with E-state index in [0.29, 0.717) is 16.8 Å². The van der Waals surface area contributed by atoms with E-state index in [4.69, 9.17) is 16.3 Å². The summed E-state index contributed by atoms with van der Waals surface area (Å²) in [5.41, 5.74) is 1.55. The third kappa shape index (κ3) is 3.01. The van der Waals surface area contributed by atoms with Gasteiger partial charge in [0, 0.05) is 6.20 Å². The van der Waals surface area contributed by atoms with Gasteiger partial charge in [-0.3, -0.25) is 9.78 Å². The molecule has 0 aliphatic heterocycles. The fourth-order valence-corrected chi connectivity index (χ4v) is 3.39. The van der Waals surface area contributed by atoms with Crippen molar-refractivity contribution in [2.24, 2.45) is 0 Å². The first-order valence-electron chi connectivity index (χ1n) is 8.06. The van der Waals surface area contributed by atoms with Crippen molar-refractivity contribution in [1.29, 1.82) is 0 Å². The van der Waals surface area contributed by atoms with Gasteiger partial charge in [0.15, 0.2) is 5.15 Å². The second-order valence-electron chi connectivity index (χ2n) is 6.19. The van der Waals surface area contributed by atoms with Crippen molar-refractivity contribution in [3.05, 3.63) is 73.6 Å². The first-order valence-corrected chi connectivity index (χ1v) is 8.44. The fraction of sp³-hybridized carbons (Fsp3) is 0.222. The molecular formula is C18H15ClN4O3. The zero-order chi connectivity index (χ0) is 18.3. The first kappa shape index (κ1) is 16.5. The van der Waals surface area contributed by atoms with E-state index in [-0.39, 0.29) is 11.5 Å². The molecule has 2 N–H and O–H groups in total. The quantitative estimate of drug-likeness (QED) is 0.734. The largest absolute Gasteiger partial charge is 0.497 e. The number of nitrogens with zero attached hydrogens (tertiary/aromatic N) is 2. The summed E-state index contributed by atoms with van der Waals surface area (Å²) in [5.74, 6) is 1.33. The molecule has 1 aliphatic carbocycles. The molecular weight excluding hydrogens is 356 g/mol. The topological polar surface area (TPSA) is 101 Å². The summed E-state index contributed by atoms with van der Waals surface area (Å²) in [6.07, 6.45) is 2.26. The summed E-state index contributed by atoms with van der Waals surface area (Å²) in [6, 6.07) is 9.71. The minimum atomic E-state index is -0.568. The second kappa shape index (κ2) is 6.42. The highest BCUT2D eigenvalue weighted by Crippen LogP contribution is 2.56. The van der Waals surface area contributed by atoms with Crippen LogP contribution in [0.2, 0.25) is 5.15 Å². The Morgan fingerprint density at radius 3 is 2.81 bits per heavy atom. The molecule has 2 aromatic heterocycles. The molecule has 0 unspecified atom stereocenters. The number of nitrogens with one attached hydrogen (secondary N) is 2. The van der Waals surface area contributed by atoms with Crippen molar-refractivity contribution in [2.45, 2.75) is 18.3 Å². The normalized spacial score (nSPS) is 18.5. The van der Waals surface area contributed by atoms with Crippen molar-refractivity contribution < 1.29 is 4.74 Å². The summed E-state index contributed by atoms with van der Waals surface area (Å²) in [4.78, 5) is 27.8. The molecule has 0 amide bonds. The van der Waals surface area contributed by atoms with Crippen LogP contribution in [0.25, 0.3) is 11.3 Å². The van der Waals surface area contributed by atoms with E-state index in [9.17, 15) is 9.59 Å². The van der Waals surface area contributed by atoms with Gasteiger partial charge in [0.1, 0.15) is 11.4 Å². The van der Waals surface area contributed by atoms with Crippen molar-refractivity contribution in [1.82, 2.24) is 20.2 Å². The van der Waals surface area contributed by atoms with Gasteiger partial charge in [-0.1, -0.05) is 23.7 Å².